The molecule has 2 aliphatic heterocycles. The predicted octanol–water partition coefficient (Wildman–Crippen LogP) is 1.57. The number of benzene rings is 1. The van der Waals surface area contributed by atoms with Gasteiger partial charge < -0.3 is 24.6 Å². The van der Waals surface area contributed by atoms with Crippen molar-refractivity contribution in [3.63, 3.8) is 0 Å². The van der Waals surface area contributed by atoms with E-state index < -0.39 is 0 Å². The first-order valence-electron chi connectivity index (χ1n) is 8.24. The van der Waals surface area contributed by atoms with Crippen molar-refractivity contribution in [3.05, 3.63) is 24.3 Å². The fourth-order valence-electron chi connectivity index (χ4n) is 3.11. The number of carbonyl (C=O) groups excluding carboxylic acids is 1. The molecule has 0 bridgehead atoms. The van der Waals surface area contributed by atoms with Crippen LogP contribution in [-0.4, -0.2) is 69.9 Å². The highest BCUT2D eigenvalue weighted by Crippen LogP contribution is 2.22. The quantitative estimate of drug-likeness (QED) is 0.843. The molecule has 1 amide bonds. The van der Waals surface area contributed by atoms with Crippen molar-refractivity contribution in [2.24, 2.45) is 0 Å². The third-order valence-electron chi connectivity index (χ3n) is 4.47. The van der Waals surface area contributed by atoms with Crippen LogP contribution in [0.15, 0.2) is 24.3 Å². The van der Waals surface area contributed by atoms with Crippen LogP contribution in [0.25, 0.3) is 0 Å². The highest BCUT2D eigenvalue weighted by molar-refractivity contribution is 5.85. The van der Waals surface area contributed by atoms with Crippen molar-refractivity contribution in [1.82, 2.24) is 10.2 Å². The number of hydrogen-bond donors (Lipinski definition) is 1. The lowest BCUT2D eigenvalue weighted by Crippen LogP contribution is -2.51. The molecule has 25 heavy (non-hydrogen) atoms. The molecule has 8 heteroatoms. The molecule has 0 aliphatic carbocycles. The summed E-state index contributed by atoms with van der Waals surface area (Å²) in [5.74, 6) is 1.09. The molecule has 0 radical (unpaired) electrons. The predicted molar refractivity (Wildman–Crippen MR) is 104 cm³/mol. The minimum absolute atomic E-state index is 0. The Labute approximate surface area is 161 Å². The molecule has 2 saturated heterocycles. The highest BCUT2D eigenvalue weighted by Gasteiger charge is 2.24. The molecule has 0 spiro atoms. The SMILES string of the molecule is COc1cccc(N2CCN(C(=O)CC3COCCN3)CC2)c1.Cl.Cl. The maximum atomic E-state index is 12.4. The maximum Gasteiger partial charge on any atom is 0.224 e. The number of morpholine rings is 1. The van der Waals surface area contributed by atoms with Gasteiger partial charge in [0.15, 0.2) is 0 Å². The summed E-state index contributed by atoms with van der Waals surface area (Å²) in [5, 5.41) is 3.34. The lowest BCUT2D eigenvalue weighted by atomic mass is 10.1. The summed E-state index contributed by atoms with van der Waals surface area (Å²) in [6.45, 7) is 5.45. The Morgan fingerprint density at radius 3 is 2.68 bits per heavy atom. The molecular formula is C17H27Cl2N3O3. The average Bonchev–Trinajstić information content (AvgIpc) is 2.63. The van der Waals surface area contributed by atoms with Gasteiger partial charge in [-0.15, -0.1) is 24.8 Å². The number of carbonyl (C=O) groups is 1. The van der Waals surface area contributed by atoms with E-state index in [1.807, 2.05) is 23.1 Å². The van der Waals surface area contributed by atoms with Gasteiger partial charge in [-0.05, 0) is 12.1 Å². The molecule has 1 aromatic carbocycles. The Morgan fingerprint density at radius 1 is 1.28 bits per heavy atom. The lowest BCUT2D eigenvalue weighted by Gasteiger charge is -2.37. The van der Waals surface area contributed by atoms with Crippen LogP contribution in [0.2, 0.25) is 0 Å². The Kier molecular flexibility index (Phi) is 9.35. The molecule has 0 saturated carbocycles. The molecule has 2 fully saturated rings. The zero-order chi connectivity index (χ0) is 16.1. The molecule has 1 N–H and O–H groups in total. The third-order valence-corrected chi connectivity index (χ3v) is 4.47. The summed E-state index contributed by atoms with van der Waals surface area (Å²) < 4.78 is 10.7. The number of anilines is 1. The summed E-state index contributed by atoms with van der Waals surface area (Å²) in [7, 11) is 1.68. The molecule has 142 valence electrons. The summed E-state index contributed by atoms with van der Waals surface area (Å²) in [5.41, 5.74) is 1.15. The summed E-state index contributed by atoms with van der Waals surface area (Å²) >= 11 is 0. The number of piperazine rings is 1. The smallest absolute Gasteiger partial charge is 0.224 e. The Balaban J connectivity index is 0.00000156. The molecule has 1 aromatic rings. The fourth-order valence-corrected chi connectivity index (χ4v) is 3.11. The van der Waals surface area contributed by atoms with Crippen molar-refractivity contribution in [2.75, 3.05) is 57.9 Å². The number of nitrogens with one attached hydrogen (secondary N) is 1. The highest BCUT2D eigenvalue weighted by atomic mass is 35.5. The second-order valence-electron chi connectivity index (χ2n) is 6.00. The summed E-state index contributed by atoms with van der Waals surface area (Å²) in [4.78, 5) is 16.7. The van der Waals surface area contributed by atoms with Crippen LogP contribution in [0.1, 0.15) is 6.42 Å². The molecule has 3 rings (SSSR count). The monoisotopic (exact) mass is 391 g/mol. The molecule has 1 unspecified atom stereocenters. The van der Waals surface area contributed by atoms with Crippen LogP contribution >= 0.6 is 24.8 Å². The van der Waals surface area contributed by atoms with Gasteiger partial charge in [0, 0.05) is 56.9 Å². The lowest BCUT2D eigenvalue weighted by molar-refractivity contribution is -0.132. The first kappa shape index (κ1) is 21.8. The zero-order valence-corrected chi connectivity index (χ0v) is 16.1. The first-order valence-corrected chi connectivity index (χ1v) is 8.24. The Bertz CT molecular complexity index is 534. The van der Waals surface area contributed by atoms with Crippen molar-refractivity contribution in [1.29, 1.82) is 0 Å². The van der Waals surface area contributed by atoms with Gasteiger partial charge >= 0.3 is 0 Å². The van der Waals surface area contributed by atoms with E-state index >= 15 is 0 Å². The molecule has 2 heterocycles. The Hall–Kier alpha value is -1.21. The van der Waals surface area contributed by atoms with E-state index in [-0.39, 0.29) is 36.8 Å². The number of hydrogen-bond acceptors (Lipinski definition) is 5. The van der Waals surface area contributed by atoms with E-state index in [2.05, 4.69) is 16.3 Å². The van der Waals surface area contributed by atoms with E-state index in [1.165, 1.54) is 0 Å². The number of halogens is 2. The van der Waals surface area contributed by atoms with Gasteiger partial charge in [-0.3, -0.25) is 4.79 Å². The van der Waals surface area contributed by atoms with Crippen LogP contribution in [0.4, 0.5) is 5.69 Å². The first-order chi connectivity index (χ1) is 11.3. The van der Waals surface area contributed by atoms with E-state index in [4.69, 9.17) is 9.47 Å². The van der Waals surface area contributed by atoms with E-state index in [0.29, 0.717) is 13.0 Å². The van der Waals surface area contributed by atoms with Crippen molar-refractivity contribution in [2.45, 2.75) is 12.5 Å². The van der Waals surface area contributed by atoms with Crippen LogP contribution in [0, 0.1) is 0 Å². The summed E-state index contributed by atoms with van der Waals surface area (Å²) in [6.07, 6.45) is 0.527. The van der Waals surface area contributed by atoms with Crippen molar-refractivity contribution < 1.29 is 14.3 Å². The van der Waals surface area contributed by atoms with Gasteiger partial charge in [0.1, 0.15) is 5.75 Å². The maximum absolute atomic E-state index is 12.4. The number of amides is 1. The van der Waals surface area contributed by atoms with Gasteiger partial charge in [-0.25, -0.2) is 0 Å². The summed E-state index contributed by atoms with van der Waals surface area (Å²) in [6, 6.07) is 8.24. The second kappa shape index (κ2) is 10.7. The standard InChI is InChI=1S/C17H25N3O3.2ClH/c1-22-16-4-2-3-15(12-16)19-6-8-20(9-7-19)17(21)11-14-13-23-10-5-18-14;;/h2-4,12,14,18H,5-11,13H2,1H3;2*1H. The van der Waals surface area contributed by atoms with Crippen LogP contribution in [-0.2, 0) is 9.53 Å². The van der Waals surface area contributed by atoms with Crippen LogP contribution in [0.5, 0.6) is 5.75 Å². The van der Waals surface area contributed by atoms with Crippen molar-refractivity contribution >= 4 is 36.4 Å². The molecule has 0 aromatic heterocycles. The van der Waals surface area contributed by atoms with Gasteiger partial charge in [0.25, 0.3) is 0 Å². The third kappa shape index (κ3) is 5.92. The molecule has 6 nitrogen and oxygen atoms in total. The molecular weight excluding hydrogens is 365 g/mol. The number of ether oxygens (including phenoxy) is 2. The minimum atomic E-state index is 0. The van der Waals surface area contributed by atoms with Crippen LogP contribution in [0.3, 0.4) is 0 Å². The Morgan fingerprint density at radius 2 is 2.04 bits per heavy atom. The van der Waals surface area contributed by atoms with Gasteiger partial charge in [0.2, 0.25) is 5.91 Å². The van der Waals surface area contributed by atoms with Crippen LogP contribution < -0.4 is 15.0 Å². The zero-order valence-electron chi connectivity index (χ0n) is 14.5. The largest absolute Gasteiger partial charge is 0.497 e. The van der Waals surface area contributed by atoms with Crippen molar-refractivity contribution in [3.8, 4) is 5.75 Å². The number of rotatable bonds is 4. The number of nitrogens with zero attached hydrogens (tertiary/aromatic N) is 2. The van der Waals surface area contributed by atoms with Gasteiger partial charge in [-0.2, -0.15) is 0 Å². The minimum Gasteiger partial charge on any atom is -0.497 e. The molecule has 1 atom stereocenters. The molecule has 2 aliphatic rings. The van der Waals surface area contributed by atoms with E-state index in [0.717, 1.165) is 50.8 Å². The van der Waals surface area contributed by atoms with E-state index in [1.54, 1.807) is 7.11 Å². The average molecular weight is 392 g/mol. The van der Waals surface area contributed by atoms with E-state index in [9.17, 15) is 4.79 Å². The second-order valence-corrected chi connectivity index (χ2v) is 6.00. The normalized spacial score (nSPS) is 20.3. The van der Waals surface area contributed by atoms with Gasteiger partial charge in [-0.1, -0.05) is 6.07 Å². The van der Waals surface area contributed by atoms with Gasteiger partial charge in [0.05, 0.1) is 20.3 Å². The fraction of sp³-hybridized carbons (Fsp3) is 0.588. The number of methoxy groups -OCH3 is 1. The topological polar surface area (TPSA) is 54.0 Å².